The summed E-state index contributed by atoms with van der Waals surface area (Å²) in [7, 11) is -4.05. The Morgan fingerprint density at radius 2 is 1.66 bits per heavy atom. The van der Waals surface area contributed by atoms with E-state index in [-0.39, 0.29) is 22.5 Å². The zero-order valence-electron chi connectivity index (χ0n) is 19.4. The number of benzene rings is 2. The van der Waals surface area contributed by atoms with Crippen LogP contribution in [0.25, 0.3) is 0 Å². The van der Waals surface area contributed by atoms with Gasteiger partial charge in [0.15, 0.2) is 0 Å². The van der Waals surface area contributed by atoms with Crippen LogP contribution < -0.4 is 4.18 Å². The summed E-state index contributed by atoms with van der Waals surface area (Å²) in [5.41, 5.74) is 0.899. The van der Waals surface area contributed by atoms with Crippen molar-refractivity contribution >= 4 is 16.0 Å². The topological polar surface area (TPSA) is 63.7 Å². The van der Waals surface area contributed by atoms with Crippen LogP contribution >= 0.6 is 0 Å². The highest BCUT2D eigenvalue weighted by Crippen LogP contribution is 2.22. The fourth-order valence-electron chi connectivity index (χ4n) is 3.53. The highest BCUT2D eigenvalue weighted by atomic mass is 32.2. The first kappa shape index (κ1) is 25.8. The Morgan fingerprint density at radius 1 is 1.03 bits per heavy atom. The molecule has 0 heterocycles. The smallest absolute Gasteiger partial charge is 0.339 e. The first-order valence-electron chi connectivity index (χ1n) is 11.2. The van der Waals surface area contributed by atoms with Crippen LogP contribution in [0.1, 0.15) is 58.9 Å². The molecule has 1 atom stereocenters. The molecule has 2 rings (SSSR count). The van der Waals surface area contributed by atoms with E-state index in [1.54, 1.807) is 24.3 Å². The molecule has 0 saturated carbocycles. The van der Waals surface area contributed by atoms with E-state index in [0.29, 0.717) is 19.0 Å². The summed E-state index contributed by atoms with van der Waals surface area (Å²) in [5, 5.41) is 0. The molecule has 0 bridgehead atoms. The number of unbranched alkanes of at least 4 members (excludes halogenated alkanes) is 1. The van der Waals surface area contributed by atoms with Crippen LogP contribution in [0.5, 0.6) is 5.75 Å². The number of carbonyl (C=O) groups is 1. The van der Waals surface area contributed by atoms with Gasteiger partial charge in [-0.2, -0.15) is 8.42 Å². The third-order valence-corrected chi connectivity index (χ3v) is 6.51. The minimum absolute atomic E-state index is 0.0251. The highest BCUT2D eigenvalue weighted by molar-refractivity contribution is 7.87. The van der Waals surface area contributed by atoms with Crippen molar-refractivity contribution in [3.63, 3.8) is 0 Å². The van der Waals surface area contributed by atoms with E-state index in [1.165, 1.54) is 0 Å². The van der Waals surface area contributed by atoms with E-state index >= 15 is 0 Å². The van der Waals surface area contributed by atoms with Gasteiger partial charge in [-0.1, -0.05) is 52.7 Å². The van der Waals surface area contributed by atoms with Crippen molar-refractivity contribution in [2.75, 3.05) is 6.54 Å². The summed E-state index contributed by atoms with van der Waals surface area (Å²) < 4.78 is 43.0. The van der Waals surface area contributed by atoms with Gasteiger partial charge in [0.2, 0.25) is 5.91 Å². The molecule has 1 unspecified atom stereocenters. The molecule has 32 heavy (non-hydrogen) atoms. The number of amides is 1. The molecule has 1 amide bonds. The SMILES string of the molecule is CCCCC(CC)C(=O)N(Cc1ccc(OS(=O)(=O)c2ccc(F)cc2)cc1)CC(C)C. The molecule has 0 aliphatic carbocycles. The molecular weight excluding hydrogens is 429 g/mol. The molecule has 0 radical (unpaired) electrons. The summed E-state index contributed by atoms with van der Waals surface area (Å²) in [5.74, 6) is 0.181. The van der Waals surface area contributed by atoms with E-state index in [1.807, 2.05) is 4.90 Å². The lowest BCUT2D eigenvalue weighted by molar-refractivity contribution is -0.137. The van der Waals surface area contributed by atoms with Gasteiger partial charge in [0.05, 0.1) is 0 Å². The Kier molecular flexibility index (Phi) is 9.69. The van der Waals surface area contributed by atoms with Crippen molar-refractivity contribution < 1.29 is 21.8 Å². The average molecular weight is 464 g/mol. The Labute approximate surface area is 191 Å². The van der Waals surface area contributed by atoms with Gasteiger partial charge in [-0.25, -0.2) is 4.39 Å². The van der Waals surface area contributed by atoms with Crippen LogP contribution in [-0.2, 0) is 21.5 Å². The predicted octanol–water partition coefficient (Wildman–Crippen LogP) is 5.79. The van der Waals surface area contributed by atoms with Gasteiger partial charge in [-0.05, 0) is 60.7 Å². The number of nitrogens with zero attached hydrogens (tertiary/aromatic N) is 1. The molecule has 0 N–H and O–H groups in total. The van der Waals surface area contributed by atoms with E-state index < -0.39 is 15.9 Å². The van der Waals surface area contributed by atoms with Crippen LogP contribution in [0.4, 0.5) is 4.39 Å². The van der Waals surface area contributed by atoms with Crippen LogP contribution in [0.15, 0.2) is 53.4 Å². The van der Waals surface area contributed by atoms with Crippen LogP contribution in [-0.4, -0.2) is 25.8 Å². The molecule has 0 aliphatic heterocycles. The van der Waals surface area contributed by atoms with Crippen molar-refractivity contribution in [1.82, 2.24) is 4.90 Å². The van der Waals surface area contributed by atoms with Gasteiger partial charge >= 0.3 is 10.1 Å². The maximum Gasteiger partial charge on any atom is 0.339 e. The molecule has 0 spiro atoms. The maximum absolute atomic E-state index is 13.2. The summed E-state index contributed by atoms with van der Waals surface area (Å²) in [6.45, 7) is 9.49. The summed E-state index contributed by atoms with van der Waals surface area (Å²) in [6, 6.07) is 11.2. The van der Waals surface area contributed by atoms with Crippen molar-refractivity contribution in [2.45, 2.75) is 64.8 Å². The lowest BCUT2D eigenvalue weighted by Crippen LogP contribution is -2.38. The lowest BCUT2D eigenvalue weighted by atomic mass is 9.97. The Bertz CT molecular complexity index is 956. The third-order valence-electron chi connectivity index (χ3n) is 5.25. The molecular formula is C25H34FNO4S. The van der Waals surface area contributed by atoms with Crippen molar-refractivity contribution in [2.24, 2.45) is 11.8 Å². The Morgan fingerprint density at radius 3 is 2.19 bits per heavy atom. The van der Waals surface area contributed by atoms with Gasteiger partial charge in [-0.3, -0.25) is 4.79 Å². The normalized spacial score (nSPS) is 12.6. The van der Waals surface area contributed by atoms with Gasteiger partial charge in [0, 0.05) is 19.0 Å². The van der Waals surface area contributed by atoms with E-state index in [0.717, 1.165) is 55.5 Å². The lowest BCUT2D eigenvalue weighted by Gasteiger charge is -2.29. The first-order valence-corrected chi connectivity index (χ1v) is 12.6. The second-order valence-corrected chi connectivity index (χ2v) is 10.0. The third kappa shape index (κ3) is 7.62. The second kappa shape index (κ2) is 12.0. The molecule has 0 fully saturated rings. The minimum atomic E-state index is -4.05. The minimum Gasteiger partial charge on any atom is -0.379 e. The van der Waals surface area contributed by atoms with Crippen molar-refractivity contribution in [1.29, 1.82) is 0 Å². The second-order valence-electron chi connectivity index (χ2n) is 8.50. The van der Waals surface area contributed by atoms with Crippen LogP contribution in [0.2, 0.25) is 0 Å². The molecule has 7 heteroatoms. The number of hydrogen-bond donors (Lipinski definition) is 0. The summed E-state index contributed by atoms with van der Waals surface area (Å²) in [6.07, 6.45) is 3.82. The fraction of sp³-hybridized carbons (Fsp3) is 0.480. The predicted molar refractivity (Wildman–Crippen MR) is 124 cm³/mol. The largest absolute Gasteiger partial charge is 0.379 e. The molecule has 0 saturated heterocycles. The van der Waals surface area contributed by atoms with Gasteiger partial charge in [0.1, 0.15) is 16.5 Å². The standard InChI is InChI=1S/C25H34FNO4S/c1-5-7-8-21(6-2)25(28)27(17-19(3)4)18-20-9-13-23(14-10-20)31-32(29,30)24-15-11-22(26)12-16-24/h9-16,19,21H,5-8,17-18H2,1-4H3. The van der Waals surface area contributed by atoms with E-state index in [9.17, 15) is 17.6 Å². The van der Waals surface area contributed by atoms with Gasteiger partial charge < -0.3 is 9.08 Å². The fourth-order valence-corrected chi connectivity index (χ4v) is 4.46. The zero-order chi connectivity index (χ0) is 23.7. The Balaban J connectivity index is 2.11. The monoisotopic (exact) mass is 463 g/mol. The van der Waals surface area contributed by atoms with E-state index in [2.05, 4.69) is 27.7 Å². The number of hydrogen-bond acceptors (Lipinski definition) is 4. The number of carbonyl (C=O) groups excluding carboxylic acids is 1. The van der Waals surface area contributed by atoms with Crippen LogP contribution in [0.3, 0.4) is 0 Å². The number of halogens is 1. The first-order chi connectivity index (χ1) is 15.2. The highest BCUT2D eigenvalue weighted by Gasteiger charge is 2.23. The quantitative estimate of drug-likeness (QED) is 0.374. The van der Waals surface area contributed by atoms with E-state index in [4.69, 9.17) is 4.18 Å². The zero-order valence-corrected chi connectivity index (χ0v) is 20.2. The van der Waals surface area contributed by atoms with Crippen molar-refractivity contribution in [3.05, 3.63) is 59.9 Å². The molecule has 2 aromatic carbocycles. The molecule has 5 nitrogen and oxygen atoms in total. The number of rotatable bonds is 12. The van der Waals surface area contributed by atoms with Crippen molar-refractivity contribution in [3.8, 4) is 5.75 Å². The molecule has 2 aromatic rings. The molecule has 0 aliphatic rings. The van der Waals surface area contributed by atoms with Gasteiger partial charge in [0.25, 0.3) is 0 Å². The average Bonchev–Trinajstić information content (AvgIpc) is 2.74. The summed E-state index contributed by atoms with van der Waals surface area (Å²) in [4.78, 5) is 14.9. The van der Waals surface area contributed by atoms with Crippen LogP contribution in [0, 0.1) is 17.7 Å². The Hall–Kier alpha value is -2.41. The molecule has 0 aromatic heterocycles. The van der Waals surface area contributed by atoms with Gasteiger partial charge in [-0.15, -0.1) is 0 Å². The molecule has 176 valence electrons. The summed E-state index contributed by atoms with van der Waals surface area (Å²) >= 11 is 0. The maximum atomic E-state index is 13.2.